The van der Waals surface area contributed by atoms with Gasteiger partial charge in [-0.2, -0.15) is 0 Å². The van der Waals surface area contributed by atoms with Gasteiger partial charge in [-0.3, -0.25) is 4.79 Å². The standard InChI is InChI=1S/C25H28N2O6/c1-25(2,3)33-24(31)27-12-19(22(28)29)21(13-27)26-23(30)32-14-20-17-10-6-4-8-15(17)16-9-5-7-11-18(16)20/h4-11,19-21H,12-14H2,1-3H3,(H,26,30)(H,28,29)/t19-,21-/m0/s1. The van der Waals surface area contributed by atoms with E-state index in [-0.39, 0.29) is 25.6 Å². The van der Waals surface area contributed by atoms with E-state index in [0.29, 0.717) is 0 Å². The number of amides is 2. The van der Waals surface area contributed by atoms with Crippen LogP contribution in [-0.2, 0) is 14.3 Å². The third-order valence-corrected chi connectivity index (χ3v) is 5.94. The van der Waals surface area contributed by atoms with E-state index in [2.05, 4.69) is 17.4 Å². The molecule has 2 aromatic carbocycles. The lowest BCUT2D eigenvalue weighted by Crippen LogP contribution is -2.44. The lowest BCUT2D eigenvalue weighted by molar-refractivity contribution is -0.141. The number of hydrogen-bond acceptors (Lipinski definition) is 5. The van der Waals surface area contributed by atoms with Crippen LogP contribution in [0.25, 0.3) is 11.1 Å². The Morgan fingerprint density at radius 3 is 2.12 bits per heavy atom. The van der Waals surface area contributed by atoms with Crippen molar-refractivity contribution in [3.05, 3.63) is 59.7 Å². The van der Waals surface area contributed by atoms with E-state index in [9.17, 15) is 19.5 Å². The van der Waals surface area contributed by atoms with Gasteiger partial charge in [0.1, 0.15) is 12.2 Å². The molecule has 4 rings (SSSR count). The zero-order chi connectivity index (χ0) is 23.8. The second-order valence-corrected chi connectivity index (χ2v) is 9.41. The van der Waals surface area contributed by atoms with Crippen molar-refractivity contribution in [2.24, 2.45) is 5.92 Å². The van der Waals surface area contributed by atoms with E-state index in [1.807, 2.05) is 36.4 Å². The molecule has 0 bridgehead atoms. The van der Waals surface area contributed by atoms with Gasteiger partial charge in [0.15, 0.2) is 0 Å². The maximum absolute atomic E-state index is 12.6. The van der Waals surface area contributed by atoms with Crippen molar-refractivity contribution in [3.8, 4) is 11.1 Å². The van der Waals surface area contributed by atoms with Crippen LogP contribution in [0.2, 0.25) is 0 Å². The van der Waals surface area contributed by atoms with Crippen LogP contribution in [0, 0.1) is 5.92 Å². The number of carbonyl (C=O) groups is 3. The summed E-state index contributed by atoms with van der Waals surface area (Å²) >= 11 is 0. The number of likely N-dealkylation sites (tertiary alicyclic amines) is 1. The van der Waals surface area contributed by atoms with Gasteiger partial charge in [-0.05, 0) is 43.0 Å². The fourth-order valence-electron chi connectivity index (χ4n) is 4.47. The molecule has 1 aliphatic carbocycles. The summed E-state index contributed by atoms with van der Waals surface area (Å²) < 4.78 is 10.9. The predicted molar refractivity (Wildman–Crippen MR) is 121 cm³/mol. The van der Waals surface area contributed by atoms with Crippen molar-refractivity contribution < 1.29 is 29.0 Å². The average Bonchev–Trinajstić information content (AvgIpc) is 3.31. The number of nitrogens with zero attached hydrogens (tertiary/aromatic N) is 1. The number of fused-ring (bicyclic) bond motifs is 3. The summed E-state index contributed by atoms with van der Waals surface area (Å²) in [6.45, 7) is 5.33. The van der Waals surface area contributed by atoms with Crippen molar-refractivity contribution >= 4 is 18.2 Å². The van der Waals surface area contributed by atoms with Crippen LogP contribution >= 0.6 is 0 Å². The second-order valence-electron chi connectivity index (χ2n) is 9.41. The van der Waals surface area contributed by atoms with Gasteiger partial charge in [0.2, 0.25) is 0 Å². The van der Waals surface area contributed by atoms with E-state index < -0.39 is 35.7 Å². The topological polar surface area (TPSA) is 105 Å². The number of carbonyl (C=O) groups excluding carboxylic acids is 2. The fraction of sp³-hybridized carbons (Fsp3) is 0.400. The Labute approximate surface area is 192 Å². The summed E-state index contributed by atoms with van der Waals surface area (Å²) in [5, 5.41) is 12.2. The molecule has 8 heteroatoms. The number of aliphatic carboxylic acids is 1. The molecule has 1 aliphatic heterocycles. The molecule has 1 heterocycles. The number of benzene rings is 2. The Hall–Kier alpha value is -3.55. The van der Waals surface area contributed by atoms with E-state index in [1.165, 1.54) is 4.90 Å². The number of alkyl carbamates (subject to hydrolysis) is 1. The smallest absolute Gasteiger partial charge is 0.410 e. The summed E-state index contributed by atoms with van der Waals surface area (Å²) in [4.78, 5) is 38.0. The van der Waals surface area contributed by atoms with E-state index in [4.69, 9.17) is 9.47 Å². The molecule has 2 amide bonds. The molecule has 0 unspecified atom stereocenters. The summed E-state index contributed by atoms with van der Waals surface area (Å²) in [7, 11) is 0. The molecule has 2 aromatic rings. The van der Waals surface area contributed by atoms with Crippen LogP contribution in [-0.4, -0.2) is 59.5 Å². The molecular weight excluding hydrogens is 424 g/mol. The number of carboxylic acid groups (broad SMARTS) is 1. The van der Waals surface area contributed by atoms with Crippen molar-refractivity contribution in [1.29, 1.82) is 0 Å². The first kappa shape index (κ1) is 22.6. The molecule has 0 radical (unpaired) electrons. The van der Waals surface area contributed by atoms with Crippen molar-refractivity contribution in [2.45, 2.75) is 38.3 Å². The van der Waals surface area contributed by atoms with Gasteiger partial charge in [0.25, 0.3) is 0 Å². The van der Waals surface area contributed by atoms with Gasteiger partial charge in [-0.25, -0.2) is 9.59 Å². The first-order valence-corrected chi connectivity index (χ1v) is 11.0. The molecule has 2 aliphatic rings. The SMILES string of the molecule is CC(C)(C)OC(=O)N1C[C@H](NC(=O)OCC2c3ccccc3-c3ccccc32)[C@@H](C(=O)O)C1. The maximum Gasteiger partial charge on any atom is 0.410 e. The Balaban J connectivity index is 1.40. The monoisotopic (exact) mass is 452 g/mol. The van der Waals surface area contributed by atoms with Crippen molar-refractivity contribution in [1.82, 2.24) is 10.2 Å². The minimum atomic E-state index is -1.09. The van der Waals surface area contributed by atoms with Crippen LogP contribution in [0.5, 0.6) is 0 Å². The molecule has 2 atom stereocenters. The predicted octanol–water partition coefficient (Wildman–Crippen LogP) is 3.85. The van der Waals surface area contributed by atoms with E-state index >= 15 is 0 Å². The quantitative estimate of drug-likeness (QED) is 0.730. The molecule has 174 valence electrons. The maximum atomic E-state index is 12.6. The Bertz CT molecular complexity index is 1030. The van der Waals surface area contributed by atoms with Gasteiger partial charge in [-0.1, -0.05) is 48.5 Å². The summed E-state index contributed by atoms with van der Waals surface area (Å²) in [5.41, 5.74) is 3.72. The number of carboxylic acids is 1. The van der Waals surface area contributed by atoms with E-state index in [1.54, 1.807) is 20.8 Å². The van der Waals surface area contributed by atoms with Crippen LogP contribution < -0.4 is 5.32 Å². The second kappa shape index (κ2) is 8.77. The Morgan fingerprint density at radius 1 is 1.00 bits per heavy atom. The molecule has 33 heavy (non-hydrogen) atoms. The van der Waals surface area contributed by atoms with Crippen molar-refractivity contribution in [2.75, 3.05) is 19.7 Å². The lowest BCUT2D eigenvalue weighted by Gasteiger charge is -2.24. The zero-order valence-electron chi connectivity index (χ0n) is 18.9. The van der Waals surface area contributed by atoms with Crippen LogP contribution in [0.1, 0.15) is 37.8 Å². The third-order valence-electron chi connectivity index (χ3n) is 5.94. The average molecular weight is 453 g/mol. The molecule has 0 saturated carbocycles. The van der Waals surface area contributed by atoms with Gasteiger partial charge >= 0.3 is 18.2 Å². The lowest BCUT2D eigenvalue weighted by atomic mass is 9.98. The highest BCUT2D eigenvalue weighted by Crippen LogP contribution is 2.44. The summed E-state index contributed by atoms with van der Waals surface area (Å²) in [6, 6.07) is 15.3. The first-order chi connectivity index (χ1) is 15.6. The number of rotatable bonds is 4. The summed E-state index contributed by atoms with van der Waals surface area (Å²) in [6.07, 6.45) is -1.32. The largest absolute Gasteiger partial charge is 0.481 e. The van der Waals surface area contributed by atoms with Gasteiger partial charge < -0.3 is 24.8 Å². The van der Waals surface area contributed by atoms with Crippen LogP contribution in [0.15, 0.2) is 48.5 Å². The molecule has 2 N–H and O–H groups in total. The normalized spacial score (nSPS) is 19.5. The zero-order valence-corrected chi connectivity index (χ0v) is 18.9. The summed E-state index contributed by atoms with van der Waals surface area (Å²) in [5.74, 6) is -2.14. The third kappa shape index (κ3) is 4.79. The molecule has 0 spiro atoms. The van der Waals surface area contributed by atoms with Crippen LogP contribution in [0.4, 0.5) is 9.59 Å². The highest BCUT2D eigenvalue weighted by Gasteiger charge is 2.42. The Morgan fingerprint density at radius 2 is 1.58 bits per heavy atom. The molecule has 1 saturated heterocycles. The Kier molecular flexibility index (Phi) is 6.01. The molecular formula is C25H28N2O6. The number of ether oxygens (including phenoxy) is 2. The van der Waals surface area contributed by atoms with Crippen molar-refractivity contribution in [3.63, 3.8) is 0 Å². The van der Waals surface area contributed by atoms with Gasteiger partial charge in [-0.15, -0.1) is 0 Å². The van der Waals surface area contributed by atoms with Gasteiger partial charge in [0.05, 0.1) is 12.0 Å². The molecule has 8 nitrogen and oxygen atoms in total. The number of nitrogens with one attached hydrogen (secondary N) is 1. The first-order valence-electron chi connectivity index (χ1n) is 11.0. The highest BCUT2D eigenvalue weighted by atomic mass is 16.6. The highest BCUT2D eigenvalue weighted by molar-refractivity contribution is 5.79. The van der Waals surface area contributed by atoms with Gasteiger partial charge in [0, 0.05) is 19.0 Å². The van der Waals surface area contributed by atoms with E-state index in [0.717, 1.165) is 22.3 Å². The minimum absolute atomic E-state index is 0.0378. The minimum Gasteiger partial charge on any atom is -0.481 e. The fourth-order valence-corrected chi connectivity index (χ4v) is 4.47. The molecule has 1 fully saturated rings. The molecule has 0 aromatic heterocycles. The number of hydrogen-bond donors (Lipinski definition) is 2. The van der Waals surface area contributed by atoms with Crippen LogP contribution in [0.3, 0.4) is 0 Å².